The van der Waals surface area contributed by atoms with Crippen LogP contribution in [0.3, 0.4) is 0 Å². The largest absolute Gasteiger partial charge is 0.356 e. The van der Waals surface area contributed by atoms with E-state index in [1.54, 1.807) is 0 Å². The predicted molar refractivity (Wildman–Crippen MR) is 92.9 cm³/mol. The first-order chi connectivity index (χ1) is 11.0. The fourth-order valence-corrected chi connectivity index (χ4v) is 2.76. The molecule has 0 aromatic carbocycles. The minimum Gasteiger partial charge on any atom is -0.356 e. The molecule has 6 heteroatoms. The van der Waals surface area contributed by atoms with Gasteiger partial charge in [0.15, 0.2) is 0 Å². The number of nitrogens with one attached hydrogen (secondary N) is 1. The molecule has 0 atom stereocenters. The Kier molecular flexibility index (Phi) is 6.33. The highest BCUT2D eigenvalue weighted by atomic mass is 16.1. The van der Waals surface area contributed by atoms with Gasteiger partial charge in [0, 0.05) is 25.7 Å². The Morgan fingerprint density at radius 2 is 2.04 bits per heavy atom. The third-order valence-electron chi connectivity index (χ3n) is 4.23. The van der Waals surface area contributed by atoms with Crippen molar-refractivity contribution >= 4 is 11.7 Å². The summed E-state index contributed by atoms with van der Waals surface area (Å²) >= 11 is 0. The molecule has 0 bridgehead atoms. The van der Waals surface area contributed by atoms with Gasteiger partial charge in [-0.3, -0.25) is 4.79 Å². The van der Waals surface area contributed by atoms with Gasteiger partial charge in [0.1, 0.15) is 17.3 Å². The molecule has 1 fully saturated rings. The Bertz CT molecular complexity index is 524. The number of hydrogen-bond acceptors (Lipinski definition) is 5. The molecule has 1 aromatic rings. The van der Waals surface area contributed by atoms with Crippen molar-refractivity contribution in [3.05, 3.63) is 17.6 Å². The average molecular weight is 319 g/mol. The maximum absolute atomic E-state index is 12.3. The summed E-state index contributed by atoms with van der Waals surface area (Å²) in [6.07, 6.45) is 3.28. The van der Waals surface area contributed by atoms with Gasteiger partial charge in [-0.1, -0.05) is 6.92 Å². The third-order valence-corrected chi connectivity index (χ3v) is 4.23. The molecule has 2 heterocycles. The second kappa shape index (κ2) is 8.24. The van der Waals surface area contributed by atoms with Gasteiger partial charge < -0.3 is 15.1 Å². The average Bonchev–Trinajstić information content (AvgIpc) is 2.51. The second-order valence-corrected chi connectivity index (χ2v) is 6.74. The normalized spacial score (nSPS) is 16.0. The molecule has 0 aliphatic carbocycles. The van der Waals surface area contributed by atoms with Gasteiger partial charge in [-0.05, 0) is 52.7 Å². The summed E-state index contributed by atoms with van der Waals surface area (Å²) in [6.45, 7) is 7.76. The summed E-state index contributed by atoms with van der Waals surface area (Å²) in [7, 11) is 4.06. The standard InChI is InChI=1S/C17H29N5O/c1-13-6-10-22(11-7-13)16-12-15(19-14(2)20-16)17(23)18-8-5-9-21(3)4/h12-13H,5-11H2,1-4H3,(H,18,23). The molecular weight excluding hydrogens is 290 g/mol. The van der Waals surface area contributed by atoms with Crippen molar-refractivity contribution in [3.63, 3.8) is 0 Å². The van der Waals surface area contributed by atoms with Crippen LogP contribution in [0.2, 0.25) is 0 Å². The number of carbonyl (C=O) groups excluding carboxylic acids is 1. The van der Waals surface area contributed by atoms with Gasteiger partial charge in [0.05, 0.1) is 0 Å². The Balaban J connectivity index is 1.97. The quantitative estimate of drug-likeness (QED) is 0.809. The first-order valence-electron chi connectivity index (χ1n) is 8.49. The number of aryl methyl sites for hydroxylation is 1. The van der Waals surface area contributed by atoms with Crippen LogP contribution in [-0.2, 0) is 0 Å². The highest BCUT2D eigenvalue weighted by Crippen LogP contribution is 2.21. The van der Waals surface area contributed by atoms with Crippen molar-refractivity contribution in [2.75, 3.05) is 45.2 Å². The molecule has 1 saturated heterocycles. The van der Waals surface area contributed by atoms with Crippen LogP contribution in [-0.4, -0.2) is 61.0 Å². The van der Waals surface area contributed by atoms with E-state index >= 15 is 0 Å². The molecule has 0 spiro atoms. The maximum atomic E-state index is 12.3. The van der Waals surface area contributed by atoms with Crippen LogP contribution in [0.15, 0.2) is 6.07 Å². The van der Waals surface area contributed by atoms with Gasteiger partial charge in [-0.2, -0.15) is 0 Å². The number of piperidine rings is 1. The topological polar surface area (TPSA) is 61.4 Å². The number of hydrogen-bond donors (Lipinski definition) is 1. The van der Waals surface area contributed by atoms with Crippen LogP contribution in [0.25, 0.3) is 0 Å². The van der Waals surface area contributed by atoms with Gasteiger partial charge in [0.2, 0.25) is 0 Å². The molecule has 2 rings (SSSR count). The number of nitrogens with zero attached hydrogens (tertiary/aromatic N) is 4. The molecule has 6 nitrogen and oxygen atoms in total. The van der Waals surface area contributed by atoms with Crippen LogP contribution in [0.1, 0.15) is 42.5 Å². The molecular formula is C17H29N5O. The summed E-state index contributed by atoms with van der Waals surface area (Å²) < 4.78 is 0. The lowest BCUT2D eigenvalue weighted by Gasteiger charge is -2.31. The first kappa shape index (κ1) is 17.7. The van der Waals surface area contributed by atoms with Gasteiger partial charge in [-0.15, -0.1) is 0 Å². The lowest BCUT2D eigenvalue weighted by molar-refractivity contribution is 0.0947. The maximum Gasteiger partial charge on any atom is 0.270 e. The highest BCUT2D eigenvalue weighted by Gasteiger charge is 2.19. The van der Waals surface area contributed by atoms with E-state index in [2.05, 4.69) is 32.0 Å². The van der Waals surface area contributed by atoms with Gasteiger partial charge in [0.25, 0.3) is 5.91 Å². The first-order valence-corrected chi connectivity index (χ1v) is 8.49. The molecule has 1 aromatic heterocycles. The van der Waals surface area contributed by atoms with Gasteiger partial charge in [-0.25, -0.2) is 9.97 Å². The summed E-state index contributed by atoms with van der Waals surface area (Å²) in [5.74, 6) is 2.19. The van der Waals surface area contributed by atoms with Crippen molar-refractivity contribution in [1.29, 1.82) is 0 Å². The molecule has 0 radical (unpaired) electrons. The van der Waals surface area contributed by atoms with Crippen LogP contribution in [0, 0.1) is 12.8 Å². The smallest absolute Gasteiger partial charge is 0.270 e. The molecule has 0 unspecified atom stereocenters. The minimum atomic E-state index is -0.110. The van der Waals surface area contributed by atoms with Crippen LogP contribution in [0.4, 0.5) is 5.82 Å². The van der Waals surface area contributed by atoms with Crippen molar-refractivity contribution in [1.82, 2.24) is 20.2 Å². The monoisotopic (exact) mass is 319 g/mol. The molecule has 1 N–H and O–H groups in total. The molecule has 1 aliphatic heterocycles. The number of anilines is 1. The summed E-state index contributed by atoms with van der Waals surface area (Å²) in [4.78, 5) is 25.5. The Labute approximate surface area is 139 Å². The van der Waals surface area contributed by atoms with E-state index in [0.29, 0.717) is 18.1 Å². The van der Waals surface area contributed by atoms with E-state index in [9.17, 15) is 4.79 Å². The summed E-state index contributed by atoms with van der Waals surface area (Å²) in [5.41, 5.74) is 0.468. The molecule has 23 heavy (non-hydrogen) atoms. The minimum absolute atomic E-state index is 0.110. The van der Waals surface area contributed by atoms with Crippen molar-refractivity contribution < 1.29 is 4.79 Å². The number of carbonyl (C=O) groups is 1. The highest BCUT2D eigenvalue weighted by molar-refractivity contribution is 5.92. The molecule has 0 saturated carbocycles. The number of amides is 1. The Morgan fingerprint density at radius 1 is 1.35 bits per heavy atom. The molecule has 1 aliphatic rings. The second-order valence-electron chi connectivity index (χ2n) is 6.74. The van der Waals surface area contributed by atoms with Crippen molar-refractivity contribution in [2.45, 2.75) is 33.1 Å². The molecule has 128 valence electrons. The van der Waals surface area contributed by atoms with Crippen molar-refractivity contribution in [2.24, 2.45) is 5.92 Å². The lowest BCUT2D eigenvalue weighted by atomic mass is 9.99. The Morgan fingerprint density at radius 3 is 2.70 bits per heavy atom. The van der Waals surface area contributed by atoms with Gasteiger partial charge >= 0.3 is 0 Å². The fourth-order valence-electron chi connectivity index (χ4n) is 2.76. The van der Waals surface area contributed by atoms with E-state index in [1.165, 1.54) is 12.8 Å². The fraction of sp³-hybridized carbons (Fsp3) is 0.706. The SMILES string of the molecule is Cc1nc(C(=O)NCCCN(C)C)cc(N2CCC(C)CC2)n1. The Hall–Kier alpha value is -1.69. The zero-order valence-corrected chi connectivity index (χ0v) is 14.8. The van der Waals surface area contributed by atoms with E-state index in [1.807, 2.05) is 27.1 Å². The van der Waals surface area contributed by atoms with E-state index in [0.717, 1.165) is 37.8 Å². The predicted octanol–water partition coefficient (Wildman–Crippen LogP) is 1.70. The summed E-state index contributed by atoms with van der Waals surface area (Å²) in [6, 6.07) is 1.82. The van der Waals surface area contributed by atoms with E-state index < -0.39 is 0 Å². The van der Waals surface area contributed by atoms with Crippen molar-refractivity contribution in [3.8, 4) is 0 Å². The van der Waals surface area contributed by atoms with Crippen LogP contribution in [0.5, 0.6) is 0 Å². The number of rotatable bonds is 6. The van der Waals surface area contributed by atoms with E-state index in [4.69, 9.17) is 0 Å². The zero-order chi connectivity index (χ0) is 16.8. The van der Waals surface area contributed by atoms with E-state index in [-0.39, 0.29) is 5.91 Å². The molecule has 1 amide bonds. The zero-order valence-electron chi connectivity index (χ0n) is 14.8. The van der Waals surface area contributed by atoms with Crippen LogP contribution < -0.4 is 10.2 Å². The van der Waals surface area contributed by atoms with Crippen LogP contribution >= 0.6 is 0 Å². The number of aromatic nitrogens is 2. The summed E-state index contributed by atoms with van der Waals surface area (Å²) in [5, 5.41) is 2.94. The lowest BCUT2D eigenvalue weighted by Crippen LogP contribution is -2.34. The third kappa shape index (κ3) is 5.46.